The lowest BCUT2D eigenvalue weighted by molar-refractivity contribution is 0.101. The molecular weight excluding hydrogens is 282 g/mol. The van der Waals surface area contributed by atoms with Gasteiger partial charge in [-0.15, -0.1) is 0 Å². The van der Waals surface area contributed by atoms with E-state index >= 15 is 0 Å². The number of nitrogens with zero attached hydrogens (tertiary/aromatic N) is 2. The van der Waals surface area contributed by atoms with Gasteiger partial charge in [0.2, 0.25) is 0 Å². The minimum absolute atomic E-state index is 0.368. The van der Waals surface area contributed by atoms with Crippen LogP contribution < -0.4 is 5.32 Å². The average molecular weight is 310 g/mol. The molecule has 2 atom stereocenters. The Bertz CT molecular complexity index is 463. The standard InChI is InChI=1S/C17H28ClN3/c1-5-19-17(14-7-6-13(2)16(18)10-14)11-15-12-20(3)8-9-21(15)4/h6-7,10,15,17,19H,5,8-9,11-12H2,1-4H3. The third-order valence-electron chi connectivity index (χ3n) is 4.54. The van der Waals surface area contributed by atoms with Crippen molar-refractivity contribution in [1.82, 2.24) is 15.1 Å². The summed E-state index contributed by atoms with van der Waals surface area (Å²) >= 11 is 6.31. The second kappa shape index (κ2) is 7.59. The molecule has 1 N–H and O–H groups in total. The predicted molar refractivity (Wildman–Crippen MR) is 91.1 cm³/mol. The van der Waals surface area contributed by atoms with Crippen molar-refractivity contribution >= 4 is 11.6 Å². The van der Waals surface area contributed by atoms with E-state index in [1.165, 1.54) is 5.56 Å². The highest BCUT2D eigenvalue weighted by molar-refractivity contribution is 6.31. The largest absolute Gasteiger partial charge is 0.310 e. The van der Waals surface area contributed by atoms with Crippen LogP contribution >= 0.6 is 11.6 Å². The van der Waals surface area contributed by atoms with E-state index in [4.69, 9.17) is 11.6 Å². The van der Waals surface area contributed by atoms with Gasteiger partial charge in [-0.2, -0.15) is 0 Å². The minimum atomic E-state index is 0.368. The fraction of sp³-hybridized carbons (Fsp3) is 0.647. The summed E-state index contributed by atoms with van der Waals surface area (Å²) in [6, 6.07) is 7.41. The van der Waals surface area contributed by atoms with Gasteiger partial charge in [0.15, 0.2) is 0 Å². The molecule has 1 saturated heterocycles. The molecule has 1 aliphatic heterocycles. The fourth-order valence-electron chi connectivity index (χ4n) is 3.04. The van der Waals surface area contributed by atoms with E-state index in [0.29, 0.717) is 12.1 Å². The average Bonchev–Trinajstić information content (AvgIpc) is 2.45. The molecule has 1 aliphatic rings. The lowest BCUT2D eigenvalue weighted by Crippen LogP contribution is -2.51. The highest BCUT2D eigenvalue weighted by Crippen LogP contribution is 2.26. The summed E-state index contributed by atoms with van der Waals surface area (Å²) in [6.07, 6.45) is 1.12. The van der Waals surface area contributed by atoms with Crippen LogP contribution in [0, 0.1) is 6.92 Å². The first-order valence-electron chi connectivity index (χ1n) is 7.89. The van der Waals surface area contributed by atoms with Crippen LogP contribution in [0.2, 0.25) is 5.02 Å². The smallest absolute Gasteiger partial charge is 0.0438 e. The Morgan fingerprint density at radius 1 is 1.33 bits per heavy atom. The van der Waals surface area contributed by atoms with Gasteiger partial charge in [0.1, 0.15) is 0 Å². The molecule has 0 amide bonds. The van der Waals surface area contributed by atoms with Crippen LogP contribution in [-0.4, -0.2) is 56.1 Å². The molecule has 1 aromatic carbocycles. The molecule has 4 heteroatoms. The first-order valence-corrected chi connectivity index (χ1v) is 8.27. The Balaban J connectivity index is 2.12. The lowest BCUT2D eigenvalue weighted by Gasteiger charge is -2.39. The van der Waals surface area contributed by atoms with Gasteiger partial charge in [-0.25, -0.2) is 0 Å². The number of rotatable bonds is 5. The zero-order chi connectivity index (χ0) is 15.4. The van der Waals surface area contributed by atoms with E-state index in [0.717, 1.165) is 43.2 Å². The number of halogens is 1. The lowest BCUT2D eigenvalue weighted by atomic mass is 9.96. The van der Waals surface area contributed by atoms with Gasteiger partial charge < -0.3 is 15.1 Å². The molecule has 1 fully saturated rings. The summed E-state index contributed by atoms with van der Waals surface area (Å²) in [5.74, 6) is 0. The van der Waals surface area contributed by atoms with Crippen LogP contribution in [0.15, 0.2) is 18.2 Å². The van der Waals surface area contributed by atoms with Crippen LogP contribution in [0.25, 0.3) is 0 Å². The first kappa shape index (κ1) is 16.8. The molecule has 1 aromatic rings. The fourth-order valence-corrected chi connectivity index (χ4v) is 3.23. The van der Waals surface area contributed by atoms with Gasteiger partial charge >= 0.3 is 0 Å². The van der Waals surface area contributed by atoms with E-state index in [2.05, 4.69) is 61.3 Å². The highest BCUT2D eigenvalue weighted by Gasteiger charge is 2.25. The molecule has 0 aliphatic carbocycles. The van der Waals surface area contributed by atoms with Crippen molar-refractivity contribution in [1.29, 1.82) is 0 Å². The number of likely N-dealkylation sites (N-methyl/N-ethyl adjacent to an activating group) is 2. The minimum Gasteiger partial charge on any atom is -0.310 e. The number of hydrogen-bond donors (Lipinski definition) is 1. The third kappa shape index (κ3) is 4.43. The number of benzene rings is 1. The SMILES string of the molecule is CCNC(CC1CN(C)CCN1C)c1ccc(C)c(Cl)c1. The Hall–Kier alpha value is -0.610. The van der Waals surface area contributed by atoms with Crippen LogP contribution in [0.1, 0.15) is 30.5 Å². The normalized spacial score (nSPS) is 22.4. The number of piperazine rings is 1. The molecule has 2 unspecified atom stereocenters. The van der Waals surface area contributed by atoms with Crippen molar-refractivity contribution in [2.24, 2.45) is 0 Å². The molecule has 1 heterocycles. The maximum absolute atomic E-state index is 6.31. The quantitative estimate of drug-likeness (QED) is 0.902. The molecule has 3 nitrogen and oxygen atoms in total. The Morgan fingerprint density at radius 3 is 2.76 bits per heavy atom. The van der Waals surface area contributed by atoms with Crippen LogP contribution in [0.4, 0.5) is 0 Å². The van der Waals surface area contributed by atoms with E-state index in [9.17, 15) is 0 Å². The van der Waals surface area contributed by atoms with E-state index in [1.54, 1.807) is 0 Å². The Kier molecular flexibility index (Phi) is 6.06. The Morgan fingerprint density at radius 2 is 2.10 bits per heavy atom. The summed E-state index contributed by atoms with van der Waals surface area (Å²) < 4.78 is 0. The molecule has 0 spiro atoms. The van der Waals surface area contributed by atoms with Gasteiger partial charge in [-0.05, 0) is 51.2 Å². The molecule has 118 valence electrons. The summed E-state index contributed by atoms with van der Waals surface area (Å²) in [6.45, 7) is 8.64. The van der Waals surface area contributed by atoms with Gasteiger partial charge in [0.25, 0.3) is 0 Å². The molecule has 0 saturated carbocycles. The summed E-state index contributed by atoms with van der Waals surface area (Å²) in [5, 5.41) is 4.49. The van der Waals surface area contributed by atoms with Crippen molar-refractivity contribution < 1.29 is 0 Å². The molecule has 0 radical (unpaired) electrons. The second-order valence-corrected chi connectivity index (χ2v) is 6.66. The summed E-state index contributed by atoms with van der Waals surface area (Å²) in [4.78, 5) is 4.91. The van der Waals surface area contributed by atoms with E-state index < -0.39 is 0 Å². The van der Waals surface area contributed by atoms with E-state index in [-0.39, 0.29) is 0 Å². The van der Waals surface area contributed by atoms with Crippen molar-refractivity contribution in [2.75, 3.05) is 40.3 Å². The van der Waals surface area contributed by atoms with Gasteiger partial charge in [0.05, 0.1) is 0 Å². The molecule has 21 heavy (non-hydrogen) atoms. The zero-order valence-electron chi connectivity index (χ0n) is 13.7. The molecule has 0 bridgehead atoms. The zero-order valence-corrected chi connectivity index (χ0v) is 14.5. The summed E-state index contributed by atoms with van der Waals surface area (Å²) in [7, 11) is 4.45. The van der Waals surface area contributed by atoms with Crippen molar-refractivity contribution in [3.05, 3.63) is 34.3 Å². The topological polar surface area (TPSA) is 18.5 Å². The number of aryl methyl sites for hydroxylation is 1. The first-order chi connectivity index (χ1) is 10.0. The van der Waals surface area contributed by atoms with Crippen LogP contribution in [0.5, 0.6) is 0 Å². The highest BCUT2D eigenvalue weighted by atomic mass is 35.5. The number of hydrogen-bond acceptors (Lipinski definition) is 3. The maximum Gasteiger partial charge on any atom is 0.0438 e. The monoisotopic (exact) mass is 309 g/mol. The van der Waals surface area contributed by atoms with Crippen molar-refractivity contribution in [3.8, 4) is 0 Å². The predicted octanol–water partition coefficient (Wildman–Crippen LogP) is 2.93. The van der Waals surface area contributed by atoms with Crippen LogP contribution in [0.3, 0.4) is 0 Å². The van der Waals surface area contributed by atoms with Crippen molar-refractivity contribution in [2.45, 2.75) is 32.4 Å². The number of nitrogens with one attached hydrogen (secondary N) is 1. The molecule has 2 rings (SSSR count). The van der Waals surface area contributed by atoms with Gasteiger partial charge in [-0.1, -0.05) is 30.7 Å². The third-order valence-corrected chi connectivity index (χ3v) is 4.94. The van der Waals surface area contributed by atoms with Crippen molar-refractivity contribution in [3.63, 3.8) is 0 Å². The summed E-state index contributed by atoms with van der Waals surface area (Å²) in [5.41, 5.74) is 2.44. The molecule has 0 aromatic heterocycles. The second-order valence-electron chi connectivity index (χ2n) is 6.25. The maximum atomic E-state index is 6.31. The van der Waals surface area contributed by atoms with Gasteiger partial charge in [0, 0.05) is 36.7 Å². The van der Waals surface area contributed by atoms with E-state index in [1.807, 2.05) is 0 Å². The van der Waals surface area contributed by atoms with Crippen LogP contribution in [-0.2, 0) is 0 Å². The Labute approximate surface area is 134 Å². The van der Waals surface area contributed by atoms with Gasteiger partial charge in [-0.3, -0.25) is 0 Å². The molecular formula is C17H28ClN3.